The van der Waals surface area contributed by atoms with Crippen molar-refractivity contribution in [2.45, 2.75) is 52.6 Å². The minimum Gasteiger partial charge on any atom is -0.380 e. The van der Waals surface area contributed by atoms with Crippen molar-refractivity contribution in [3.63, 3.8) is 0 Å². The van der Waals surface area contributed by atoms with Crippen LogP contribution in [0.5, 0.6) is 0 Å². The Bertz CT molecular complexity index is 848. The maximum Gasteiger partial charge on any atom is 0.252 e. The number of hydrogen-bond donors (Lipinski definition) is 3. The summed E-state index contributed by atoms with van der Waals surface area (Å²) in [5, 5.41) is 8.93. The van der Waals surface area contributed by atoms with Gasteiger partial charge in [0.2, 0.25) is 0 Å². The van der Waals surface area contributed by atoms with E-state index in [1.165, 1.54) is 6.07 Å². The molecule has 3 N–H and O–H groups in total. The zero-order valence-corrected chi connectivity index (χ0v) is 16.9. The van der Waals surface area contributed by atoms with Crippen molar-refractivity contribution < 1.29 is 14.0 Å². The summed E-state index contributed by atoms with van der Waals surface area (Å²) in [4.78, 5) is 24.6. The van der Waals surface area contributed by atoms with Gasteiger partial charge < -0.3 is 16.0 Å². The van der Waals surface area contributed by atoms with E-state index in [4.69, 9.17) is 0 Å². The summed E-state index contributed by atoms with van der Waals surface area (Å²) in [6.45, 7) is 8.42. The van der Waals surface area contributed by atoms with Gasteiger partial charge in [0.05, 0.1) is 11.6 Å². The van der Waals surface area contributed by atoms with Crippen LogP contribution in [0.1, 0.15) is 61.1 Å². The minimum absolute atomic E-state index is 0.000677. The van der Waals surface area contributed by atoms with E-state index in [0.717, 1.165) is 12.8 Å². The van der Waals surface area contributed by atoms with E-state index in [0.29, 0.717) is 28.8 Å². The molecule has 1 aromatic rings. The van der Waals surface area contributed by atoms with E-state index < -0.39 is 5.82 Å². The summed E-state index contributed by atoms with van der Waals surface area (Å²) in [6.07, 6.45) is 7.14. The lowest BCUT2D eigenvalue weighted by atomic mass is 9.95. The lowest BCUT2D eigenvalue weighted by Crippen LogP contribution is -2.34. The van der Waals surface area contributed by atoms with E-state index in [1.807, 2.05) is 6.08 Å². The molecular weight excluding hydrogens is 357 g/mol. The summed E-state index contributed by atoms with van der Waals surface area (Å²) < 4.78 is 14.4. The summed E-state index contributed by atoms with van der Waals surface area (Å²) in [5.74, 6) is -0.816. The van der Waals surface area contributed by atoms with Gasteiger partial charge in [0.1, 0.15) is 5.82 Å². The molecule has 0 bridgehead atoms. The molecule has 150 valence electrons. The quantitative estimate of drug-likeness (QED) is 0.729. The number of carbonyl (C=O) groups is 2. The van der Waals surface area contributed by atoms with Crippen LogP contribution in [0.25, 0.3) is 0 Å². The zero-order chi connectivity index (χ0) is 20.5. The molecule has 6 heteroatoms. The van der Waals surface area contributed by atoms with Gasteiger partial charge in [0.25, 0.3) is 11.8 Å². The van der Waals surface area contributed by atoms with Crippen LogP contribution in [0, 0.1) is 18.2 Å². The van der Waals surface area contributed by atoms with E-state index >= 15 is 0 Å². The molecule has 0 saturated heterocycles. The average molecular weight is 385 g/mol. The van der Waals surface area contributed by atoms with Crippen LogP contribution in [-0.2, 0) is 4.79 Å². The lowest BCUT2D eigenvalue weighted by molar-refractivity contribution is -0.117. The molecule has 1 aliphatic heterocycles. The Hall–Kier alpha value is -2.63. The maximum atomic E-state index is 14.4. The Morgan fingerprint density at radius 3 is 2.50 bits per heavy atom. The molecule has 2 aliphatic rings. The molecule has 28 heavy (non-hydrogen) atoms. The van der Waals surface area contributed by atoms with Gasteiger partial charge in [-0.1, -0.05) is 26.8 Å². The van der Waals surface area contributed by atoms with Crippen molar-refractivity contribution in [3.8, 4) is 0 Å². The normalized spacial score (nSPS) is 18.9. The molecule has 5 nitrogen and oxygen atoms in total. The van der Waals surface area contributed by atoms with Crippen molar-refractivity contribution in [1.82, 2.24) is 16.0 Å². The molecule has 1 aliphatic carbocycles. The third kappa shape index (κ3) is 5.00. The number of benzene rings is 1. The van der Waals surface area contributed by atoms with Gasteiger partial charge in [-0.15, -0.1) is 0 Å². The average Bonchev–Trinajstić information content (AvgIpc) is 3.45. The second-order valence-electron chi connectivity index (χ2n) is 8.77. The molecule has 3 rings (SSSR count). The Labute approximate surface area is 165 Å². The highest BCUT2D eigenvalue weighted by Gasteiger charge is 2.25. The number of rotatable bonds is 5. The predicted molar refractivity (Wildman–Crippen MR) is 107 cm³/mol. The van der Waals surface area contributed by atoms with Gasteiger partial charge in [0.15, 0.2) is 0 Å². The topological polar surface area (TPSA) is 70.2 Å². The fraction of sp³-hybridized carbons (Fsp3) is 0.455. The fourth-order valence-electron chi connectivity index (χ4n) is 2.92. The van der Waals surface area contributed by atoms with Crippen LogP contribution in [0.3, 0.4) is 0 Å². The Morgan fingerprint density at radius 2 is 1.93 bits per heavy atom. The maximum absolute atomic E-state index is 14.4. The van der Waals surface area contributed by atoms with Gasteiger partial charge >= 0.3 is 0 Å². The van der Waals surface area contributed by atoms with Crippen LogP contribution in [-0.4, -0.2) is 24.4 Å². The molecule has 1 saturated carbocycles. The number of halogens is 1. The zero-order valence-electron chi connectivity index (χ0n) is 16.9. The molecular formula is C22H28FN3O2. The molecule has 2 amide bonds. The number of dihydropyridines is 1. The smallest absolute Gasteiger partial charge is 0.252 e. The molecule has 1 aromatic carbocycles. The summed E-state index contributed by atoms with van der Waals surface area (Å²) in [5.41, 5.74) is 2.00. The van der Waals surface area contributed by atoms with Gasteiger partial charge in [-0.2, -0.15) is 0 Å². The Balaban J connectivity index is 1.72. The van der Waals surface area contributed by atoms with Crippen LogP contribution in [0.2, 0.25) is 0 Å². The number of hydrogen-bond acceptors (Lipinski definition) is 3. The Morgan fingerprint density at radius 1 is 1.21 bits per heavy atom. The minimum atomic E-state index is -0.411. The standard InChI is InChI=1S/C22H28FN3O2/c1-13-17(9-15(10-18(13)23)21(28)26-16-6-7-16)19-8-5-14(11-24-19)20(27)25-12-22(2,3)4/h5,8-11,16,19,24H,6-7,12H2,1-4H3,(H,25,27)(H,26,28). The second-order valence-corrected chi connectivity index (χ2v) is 8.77. The number of carbonyl (C=O) groups excluding carboxylic acids is 2. The highest BCUT2D eigenvalue weighted by molar-refractivity contribution is 5.96. The van der Waals surface area contributed by atoms with Gasteiger partial charge in [0, 0.05) is 24.4 Å². The molecule has 1 fully saturated rings. The largest absolute Gasteiger partial charge is 0.380 e. The Kier molecular flexibility index (Phi) is 5.59. The van der Waals surface area contributed by atoms with Crippen LogP contribution in [0.15, 0.2) is 36.1 Å². The third-order valence-electron chi connectivity index (χ3n) is 4.82. The van der Waals surface area contributed by atoms with E-state index in [1.54, 1.807) is 25.3 Å². The molecule has 0 radical (unpaired) electrons. The molecule has 1 atom stereocenters. The number of amides is 2. The van der Waals surface area contributed by atoms with Gasteiger partial charge in [-0.25, -0.2) is 4.39 Å². The van der Waals surface area contributed by atoms with Crippen molar-refractivity contribution >= 4 is 11.8 Å². The first-order valence-corrected chi connectivity index (χ1v) is 9.67. The first kappa shape index (κ1) is 20.1. The SMILES string of the molecule is Cc1c(F)cc(C(=O)NC2CC2)cc1C1C=CC(C(=O)NCC(C)(C)C)=CN1. The van der Waals surface area contributed by atoms with E-state index in [-0.39, 0.29) is 29.3 Å². The first-order chi connectivity index (χ1) is 13.1. The van der Waals surface area contributed by atoms with Gasteiger partial charge in [-0.05, 0) is 54.5 Å². The molecule has 1 unspecified atom stereocenters. The van der Waals surface area contributed by atoms with Crippen molar-refractivity contribution in [1.29, 1.82) is 0 Å². The summed E-state index contributed by atoms with van der Waals surface area (Å²) >= 11 is 0. The summed E-state index contributed by atoms with van der Waals surface area (Å²) in [7, 11) is 0. The van der Waals surface area contributed by atoms with Crippen molar-refractivity contribution in [2.24, 2.45) is 5.41 Å². The second kappa shape index (κ2) is 7.78. The summed E-state index contributed by atoms with van der Waals surface area (Å²) in [6, 6.07) is 2.91. The molecule has 0 spiro atoms. The first-order valence-electron chi connectivity index (χ1n) is 9.67. The highest BCUT2D eigenvalue weighted by Crippen LogP contribution is 2.27. The van der Waals surface area contributed by atoms with Crippen molar-refractivity contribution in [2.75, 3.05) is 6.54 Å². The van der Waals surface area contributed by atoms with Crippen LogP contribution in [0.4, 0.5) is 4.39 Å². The predicted octanol–water partition coefficient (Wildman–Crippen LogP) is 3.27. The van der Waals surface area contributed by atoms with E-state index in [2.05, 4.69) is 36.7 Å². The van der Waals surface area contributed by atoms with E-state index in [9.17, 15) is 14.0 Å². The lowest BCUT2D eigenvalue weighted by Gasteiger charge is -2.23. The van der Waals surface area contributed by atoms with Gasteiger partial charge in [-0.3, -0.25) is 9.59 Å². The molecule has 1 heterocycles. The third-order valence-corrected chi connectivity index (χ3v) is 4.82. The van der Waals surface area contributed by atoms with Crippen LogP contribution >= 0.6 is 0 Å². The van der Waals surface area contributed by atoms with Crippen molar-refractivity contribution in [3.05, 3.63) is 58.6 Å². The molecule has 0 aromatic heterocycles. The monoisotopic (exact) mass is 385 g/mol. The van der Waals surface area contributed by atoms with Crippen LogP contribution < -0.4 is 16.0 Å². The highest BCUT2D eigenvalue weighted by atomic mass is 19.1. The fourth-order valence-corrected chi connectivity index (χ4v) is 2.92. The number of nitrogens with one attached hydrogen (secondary N) is 3.